The van der Waals surface area contributed by atoms with Gasteiger partial charge in [0.2, 0.25) is 0 Å². The number of benzene rings is 2. The number of hydrogen-bond acceptors (Lipinski definition) is 10. The number of aliphatic hydroxyl groups is 2. The molecule has 207 valence electrons. The van der Waals surface area contributed by atoms with Crippen LogP contribution >= 0.6 is 0 Å². The normalized spacial score (nSPS) is 11.9. The van der Waals surface area contributed by atoms with Crippen LogP contribution in [0.5, 0.6) is 0 Å². The molecule has 0 atom stereocenters. The number of carbonyl (C=O) groups is 2. The van der Waals surface area contributed by atoms with Crippen molar-refractivity contribution in [1.82, 2.24) is 0 Å². The average molecular weight is 612 g/mol. The van der Waals surface area contributed by atoms with Crippen LogP contribution in [0.4, 0.5) is 7.77 Å². The molecule has 37 heavy (non-hydrogen) atoms. The van der Waals surface area contributed by atoms with Crippen molar-refractivity contribution in [3.05, 3.63) is 71.8 Å². The van der Waals surface area contributed by atoms with Crippen LogP contribution in [0.3, 0.4) is 0 Å². The van der Waals surface area contributed by atoms with Crippen LogP contribution in [0.1, 0.15) is 25.0 Å². The molecule has 2 aromatic rings. The number of aliphatic hydroxyl groups excluding tert-OH is 2. The van der Waals surface area contributed by atoms with Gasteiger partial charge in [-0.2, -0.15) is 16.8 Å². The van der Waals surface area contributed by atoms with E-state index in [0.717, 1.165) is 36.4 Å². The Kier molecular flexibility index (Phi) is 13.8. The molecule has 0 fully saturated rings. The Bertz CT molecular complexity index is 1270. The molecule has 0 aliphatic heterocycles. The van der Waals surface area contributed by atoms with Crippen LogP contribution in [0, 0.1) is 0 Å². The maximum Gasteiger partial charge on any atom is 0.334 e. The molecule has 0 spiro atoms. The average Bonchev–Trinajstić information content (AvgIpc) is 2.79. The van der Waals surface area contributed by atoms with Gasteiger partial charge in [0.05, 0.1) is 35.2 Å². The number of esters is 2. The fraction of sp³-hybridized carbons (Fsp3) is 0.182. The monoisotopic (exact) mass is 611 g/mol. The summed E-state index contributed by atoms with van der Waals surface area (Å²) in [6.45, 7) is 3.47. The Hall–Kier alpha value is -3.26. The van der Waals surface area contributed by atoms with Gasteiger partial charge < -0.3 is 19.7 Å². The summed E-state index contributed by atoms with van der Waals surface area (Å²) >= 11 is 0. The van der Waals surface area contributed by atoms with Crippen molar-refractivity contribution in [2.24, 2.45) is 0 Å². The number of carbonyl (C=O) groups excluding carboxylic acids is 2. The number of ether oxygens (including phenoxy) is 2. The van der Waals surface area contributed by atoms with Crippen LogP contribution in [0.2, 0.25) is 0 Å². The zero-order valence-corrected chi connectivity index (χ0v) is 21.8. The summed E-state index contributed by atoms with van der Waals surface area (Å²) in [5.41, 5.74) is 0.00329. The molecule has 10 nitrogen and oxygen atoms in total. The smallest absolute Gasteiger partial charge is 0.334 e. The third-order valence-electron chi connectivity index (χ3n) is 3.91. The molecule has 0 amide bonds. The van der Waals surface area contributed by atoms with Gasteiger partial charge in [0, 0.05) is 28.2 Å². The minimum atomic E-state index is -4.85. The van der Waals surface area contributed by atoms with Crippen LogP contribution in [-0.4, -0.2) is 52.2 Å². The molecule has 1 radical (unpaired) electrons. The van der Waals surface area contributed by atoms with Crippen molar-refractivity contribution in [3.63, 3.8) is 0 Å². The van der Waals surface area contributed by atoms with Gasteiger partial charge in [0.25, 0.3) is 0 Å². The summed E-state index contributed by atoms with van der Waals surface area (Å²) in [6.07, 6.45) is 1.57. The fourth-order valence-corrected chi connectivity index (χ4v) is 3.39. The van der Waals surface area contributed by atoms with Gasteiger partial charge in [-0.3, -0.25) is 0 Å². The Morgan fingerprint density at radius 1 is 0.757 bits per heavy atom. The predicted molar refractivity (Wildman–Crippen MR) is 124 cm³/mol. The van der Waals surface area contributed by atoms with Crippen LogP contribution in [0.25, 0.3) is 11.5 Å². The molecule has 0 aliphatic carbocycles. The third kappa shape index (κ3) is 12.0. The summed E-state index contributed by atoms with van der Waals surface area (Å²) < 4.78 is 77.3. The van der Waals surface area contributed by atoms with Gasteiger partial charge >= 0.3 is 32.4 Å². The molecule has 2 rings (SSSR count). The van der Waals surface area contributed by atoms with Crippen molar-refractivity contribution >= 4 is 43.9 Å². The molecular weight excluding hydrogens is 590 g/mol. The largest absolute Gasteiger partial charge is 0.507 e. The molecule has 0 unspecified atom stereocenters. The molecule has 0 bridgehead atoms. The standard InChI is InChI=1S/2C11H11FO5S.Cu/c2*1-2-17-11(14)7-10(13)8-4-3-5-9(6-8)18(12,15)16;/h2*3-7,13H,2H2,1H3;/b10-7+;10-7-;. The zero-order chi connectivity index (χ0) is 27.5. The Morgan fingerprint density at radius 3 is 1.35 bits per heavy atom. The van der Waals surface area contributed by atoms with Crippen molar-refractivity contribution < 1.29 is 71.0 Å². The van der Waals surface area contributed by atoms with Gasteiger partial charge in [-0.05, 0) is 38.1 Å². The summed E-state index contributed by atoms with van der Waals surface area (Å²) in [5.74, 6) is -2.55. The van der Waals surface area contributed by atoms with E-state index in [9.17, 15) is 44.4 Å². The van der Waals surface area contributed by atoms with Crippen LogP contribution in [0.15, 0.2) is 70.5 Å². The second-order valence-corrected chi connectivity index (χ2v) is 9.19. The summed E-state index contributed by atoms with van der Waals surface area (Å²) in [7, 11) is -9.70. The minimum absolute atomic E-state index is 0. The number of rotatable bonds is 8. The third-order valence-corrected chi connectivity index (χ3v) is 5.54. The van der Waals surface area contributed by atoms with Crippen molar-refractivity contribution in [2.75, 3.05) is 13.2 Å². The Balaban J connectivity index is 0.000000682. The van der Waals surface area contributed by atoms with E-state index in [0.29, 0.717) is 0 Å². The number of halogens is 2. The molecular formula is C22H22CuF2O10S2. The molecule has 15 heteroatoms. The van der Waals surface area contributed by atoms with Crippen molar-refractivity contribution in [1.29, 1.82) is 0 Å². The maximum absolute atomic E-state index is 12.7. The second-order valence-electron chi connectivity index (χ2n) is 6.49. The first-order valence-corrected chi connectivity index (χ1v) is 12.7. The first kappa shape index (κ1) is 33.7. The Labute approximate surface area is 223 Å². The minimum Gasteiger partial charge on any atom is -0.507 e. The van der Waals surface area contributed by atoms with E-state index in [1.165, 1.54) is 24.3 Å². The SMILES string of the molecule is CCOC(=O)/C=C(/O)c1cccc(S(=O)(=O)F)c1.CCOC(=O)/C=C(\O)c1cccc(S(=O)(=O)F)c1.[Cu]. The first-order chi connectivity index (χ1) is 16.7. The molecule has 2 N–H and O–H groups in total. The zero-order valence-electron chi connectivity index (χ0n) is 19.2. The fourth-order valence-electron chi connectivity index (χ4n) is 2.37. The molecule has 0 aliphatic rings. The van der Waals surface area contributed by atoms with Gasteiger partial charge in [0.15, 0.2) is 0 Å². The van der Waals surface area contributed by atoms with Crippen molar-refractivity contribution in [3.8, 4) is 0 Å². The van der Waals surface area contributed by atoms with E-state index in [4.69, 9.17) is 0 Å². The Morgan fingerprint density at radius 2 is 1.08 bits per heavy atom. The van der Waals surface area contributed by atoms with Gasteiger partial charge in [-0.25, -0.2) is 9.59 Å². The summed E-state index contributed by atoms with van der Waals surface area (Å²) in [4.78, 5) is 20.9. The van der Waals surface area contributed by atoms with E-state index in [1.54, 1.807) is 13.8 Å². The molecule has 0 saturated heterocycles. The van der Waals surface area contributed by atoms with Gasteiger partial charge in [-0.1, -0.05) is 24.3 Å². The van der Waals surface area contributed by atoms with Gasteiger partial charge in [-0.15, -0.1) is 7.77 Å². The van der Waals surface area contributed by atoms with E-state index in [-0.39, 0.29) is 41.4 Å². The first-order valence-electron chi connectivity index (χ1n) is 9.94. The molecule has 2 aromatic carbocycles. The molecule has 0 aromatic heterocycles. The van der Waals surface area contributed by atoms with Gasteiger partial charge in [0.1, 0.15) is 11.5 Å². The van der Waals surface area contributed by atoms with E-state index in [2.05, 4.69) is 9.47 Å². The molecule has 0 saturated carbocycles. The predicted octanol–water partition coefficient (Wildman–Crippen LogP) is 3.61. The second kappa shape index (κ2) is 15.1. The summed E-state index contributed by atoms with van der Waals surface area (Å²) in [5, 5.41) is 19.1. The topological polar surface area (TPSA) is 161 Å². The van der Waals surface area contributed by atoms with E-state index >= 15 is 0 Å². The number of hydrogen-bond donors (Lipinski definition) is 2. The van der Waals surface area contributed by atoms with Crippen LogP contribution < -0.4 is 0 Å². The van der Waals surface area contributed by atoms with Crippen LogP contribution in [-0.2, 0) is 56.6 Å². The van der Waals surface area contributed by atoms with E-state index in [1.807, 2.05) is 0 Å². The summed E-state index contributed by atoms with van der Waals surface area (Å²) in [6, 6.07) is 9.07. The molecule has 0 heterocycles. The van der Waals surface area contributed by atoms with E-state index < -0.39 is 53.7 Å². The maximum atomic E-state index is 12.7. The van der Waals surface area contributed by atoms with Crippen molar-refractivity contribution in [2.45, 2.75) is 23.6 Å². The quantitative estimate of drug-likeness (QED) is 0.148.